The van der Waals surface area contributed by atoms with Crippen LogP contribution < -0.4 is 5.32 Å². The van der Waals surface area contributed by atoms with Crippen molar-refractivity contribution in [1.82, 2.24) is 5.32 Å². The first-order valence-corrected chi connectivity index (χ1v) is 7.19. The van der Waals surface area contributed by atoms with Gasteiger partial charge in [-0.15, -0.1) is 0 Å². The minimum absolute atomic E-state index is 0.00791. The van der Waals surface area contributed by atoms with Gasteiger partial charge in [-0.05, 0) is 25.7 Å². The molecule has 0 aromatic rings. The Balaban J connectivity index is 2.46. The predicted octanol–water partition coefficient (Wildman–Crippen LogP) is 2.07. The zero-order valence-corrected chi connectivity index (χ0v) is 11.4. The molecule has 2 unspecified atom stereocenters. The third-order valence-corrected chi connectivity index (χ3v) is 4.55. The van der Waals surface area contributed by atoms with Gasteiger partial charge in [0.15, 0.2) is 0 Å². The number of aliphatic hydroxyl groups excluding tert-OH is 2. The lowest BCUT2D eigenvalue weighted by atomic mass is 9.83. The van der Waals surface area contributed by atoms with E-state index < -0.39 is 0 Å². The normalized spacial score (nSPS) is 26.8. The first-order valence-electron chi connectivity index (χ1n) is 7.19. The highest BCUT2D eigenvalue weighted by molar-refractivity contribution is 4.84. The van der Waals surface area contributed by atoms with E-state index in [-0.39, 0.29) is 24.2 Å². The molecule has 1 fully saturated rings. The van der Waals surface area contributed by atoms with E-state index in [0.29, 0.717) is 0 Å². The highest BCUT2D eigenvalue weighted by atomic mass is 16.3. The van der Waals surface area contributed by atoms with Crippen LogP contribution in [0.5, 0.6) is 0 Å². The van der Waals surface area contributed by atoms with Crippen LogP contribution in [-0.4, -0.2) is 35.5 Å². The van der Waals surface area contributed by atoms with Gasteiger partial charge in [-0.3, -0.25) is 0 Å². The largest absolute Gasteiger partial charge is 0.396 e. The van der Waals surface area contributed by atoms with Crippen LogP contribution in [0.25, 0.3) is 0 Å². The van der Waals surface area contributed by atoms with Crippen molar-refractivity contribution in [2.75, 3.05) is 13.2 Å². The van der Waals surface area contributed by atoms with Crippen molar-refractivity contribution in [3.63, 3.8) is 0 Å². The molecule has 3 N–H and O–H groups in total. The summed E-state index contributed by atoms with van der Waals surface area (Å²) in [6.45, 7) is 5.31. The van der Waals surface area contributed by atoms with Gasteiger partial charge >= 0.3 is 0 Å². The first kappa shape index (κ1) is 14.9. The lowest BCUT2D eigenvalue weighted by molar-refractivity contribution is 0.0821. The van der Waals surface area contributed by atoms with Crippen LogP contribution in [-0.2, 0) is 0 Å². The molecule has 0 aliphatic heterocycles. The molecule has 102 valence electrons. The van der Waals surface area contributed by atoms with Gasteiger partial charge in [0, 0.05) is 24.6 Å². The van der Waals surface area contributed by atoms with Gasteiger partial charge in [-0.2, -0.15) is 0 Å². The van der Waals surface area contributed by atoms with Gasteiger partial charge in [-0.1, -0.05) is 33.1 Å². The molecule has 1 saturated carbocycles. The van der Waals surface area contributed by atoms with Gasteiger partial charge < -0.3 is 15.5 Å². The number of rotatable bonds is 6. The van der Waals surface area contributed by atoms with E-state index in [1.165, 1.54) is 12.8 Å². The summed E-state index contributed by atoms with van der Waals surface area (Å²) in [5.74, 6) is 0. The van der Waals surface area contributed by atoms with E-state index in [4.69, 9.17) is 0 Å². The van der Waals surface area contributed by atoms with Crippen LogP contribution in [0.1, 0.15) is 58.8 Å². The molecular weight excluding hydrogens is 214 g/mol. The van der Waals surface area contributed by atoms with Crippen molar-refractivity contribution in [1.29, 1.82) is 0 Å². The van der Waals surface area contributed by atoms with E-state index >= 15 is 0 Å². The Morgan fingerprint density at radius 1 is 1.12 bits per heavy atom. The molecule has 0 bridgehead atoms. The average molecular weight is 243 g/mol. The Bertz CT molecular complexity index is 196. The highest BCUT2D eigenvalue weighted by Crippen LogP contribution is 2.26. The molecule has 0 spiro atoms. The molecule has 1 rings (SSSR count). The maximum Gasteiger partial charge on any atom is 0.0693 e. The van der Waals surface area contributed by atoms with Crippen LogP contribution in [0.15, 0.2) is 0 Å². The minimum Gasteiger partial charge on any atom is -0.396 e. The number of hydrogen-bond acceptors (Lipinski definition) is 3. The summed E-state index contributed by atoms with van der Waals surface area (Å²) in [6.07, 6.45) is 7.33. The Hall–Kier alpha value is -0.120. The second kappa shape index (κ2) is 7.34. The molecule has 0 aromatic heterocycles. The second-order valence-electron chi connectivity index (χ2n) is 5.56. The summed E-state index contributed by atoms with van der Waals surface area (Å²) < 4.78 is 0. The van der Waals surface area contributed by atoms with E-state index in [1.54, 1.807) is 0 Å². The Labute approximate surface area is 106 Å². The molecule has 1 aliphatic carbocycles. The lowest BCUT2D eigenvalue weighted by Crippen LogP contribution is -2.46. The second-order valence-corrected chi connectivity index (χ2v) is 5.56. The third-order valence-electron chi connectivity index (χ3n) is 4.55. The van der Waals surface area contributed by atoms with Gasteiger partial charge in [0.25, 0.3) is 0 Å². The number of aliphatic hydroxyl groups is 2. The molecule has 3 heteroatoms. The molecular formula is C14H29NO2. The fourth-order valence-electron chi connectivity index (χ4n) is 2.65. The van der Waals surface area contributed by atoms with Crippen LogP contribution >= 0.6 is 0 Å². The zero-order valence-electron chi connectivity index (χ0n) is 11.4. The van der Waals surface area contributed by atoms with Gasteiger partial charge in [0.1, 0.15) is 0 Å². The monoisotopic (exact) mass is 243 g/mol. The van der Waals surface area contributed by atoms with Crippen LogP contribution in [0.4, 0.5) is 0 Å². The summed E-state index contributed by atoms with van der Waals surface area (Å²) in [5, 5.41) is 23.1. The average Bonchev–Trinajstić information content (AvgIpc) is 2.57. The summed E-state index contributed by atoms with van der Waals surface area (Å²) >= 11 is 0. The maximum absolute atomic E-state index is 10.0. The van der Waals surface area contributed by atoms with Crippen molar-refractivity contribution in [3.8, 4) is 0 Å². The smallest absolute Gasteiger partial charge is 0.0693 e. The van der Waals surface area contributed by atoms with Crippen molar-refractivity contribution >= 4 is 0 Å². The van der Waals surface area contributed by atoms with Crippen molar-refractivity contribution in [2.24, 2.45) is 5.41 Å². The van der Waals surface area contributed by atoms with Crippen molar-refractivity contribution in [3.05, 3.63) is 0 Å². The molecule has 0 saturated heterocycles. The molecule has 0 heterocycles. The van der Waals surface area contributed by atoms with Crippen LogP contribution in [0.3, 0.4) is 0 Å². The van der Waals surface area contributed by atoms with Gasteiger partial charge in [-0.25, -0.2) is 0 Å². The van der Waals surface area contributed by atoms with Crippen molar-refractivity contribution < 1.29 is 10.2 Å². The first-order chi connectivity index (χ1) is 8.17. The lowest BCUT2D eigenvalue weighted by Gasteiger charge is -2.33. The summed E-state index contributed by atoms with van der Waals surface area (Å²) in [4.78, 5) is 0. The van der Waals surface area contributed by atoms with Gasteiger partial charge in [0.05, 0.1) is 6.10 Å². The van der Waals surface area contributed by atoms with E-state index in [2.05, 4.69) is 19.2 Å². The van der Waals surface area contributed by atoms with Crippen LogP contribution in [0.2, 0.25) is 0 Å². The maximum atomic E-state index is 10.0. The van der Waals surface area contributed by atoms with Crippen molar-refractivity contribution in [2.45, 2.75) is 70.9 Å². The number of nitrogens with one attached hydrogen (secondary N) is 1. The standard InChI is InChI=1S/C14H29NO2/c1-3-14(4-2,11-16)10-15-12-8-6-5-7-9-13(12)17/h12-13,15-17H,3-11H2,1-2H3. The molecule has 0 amide bonds. The van der Waals surface area contributed by atoms with Gasteiger partial charge in [0.2, 0.25) is 0 Å². The minimum atomic E-state index is -0.206. The summed E-state index contributed by atoms with van der Waals surface area (Å²) in [5.41, 5.74) is -0.00791. The van der Waals surface area contributed by atoms with E-state index in [9.17, 15) is 10.2 Å². The highest BCUT2D eigenvalue weighted by Gasteiger charge is 2.28. The Morgan fingerprint density at radius 2 is 1.76 bits per heavy atom. The molecule has 0 aromatic carbocycles. The fourth-order valence-corrected chi connectivity index (χ4v) is 2.65. The predicted molar refractivity (Wildman–Crippen MR) is 71.0 cm³/mol. The number of hydrogen-bond donors (Lipinski definition) is 3. The quantitative estimate of drug-likeness (QED) is 0.626. The Morgan fingerprint density at radius 3 is 2.35 bits per heavy atom. The van der Waals surface area contributed by atoms with E-state index in [1.807, 2.05) is 0 Å². The summed E-state index contributed by atoms with van der Waals surface area (Å²) in [6, 6.07) is 0.224. The van der Waals surface area contributed by atoms with Crippen LogP contribution in [0, 0.1) is 5.41 Å². The SMILES string of the molecule is CCC(CC)(CO)CNC1CCCCCC1O. The van der Waals surface area contributed by atoms with E-state index in [0.717, 1.165) is 38.6 Å². The molecule has 17 heavy (non-hydrogen) atoms. The Kier molecular flexibility index (Phi) is 6.45. The molecule has 3 nitrogen and oxygen atoms in total. The summed E-state index contributed by atoms with van der Waals surface area (Å²) in [7, 11) is 0. The molecule has 2 atom stereocenters. The molecule has 1 aliphatic rings. The zero-order chi connectivity index (χ0) is 12.7. The topological polar surface area (TPSA) is 52.5 Å². The fraction of sp³-hybridized carbons (Fsp3) is 1.00. The third kappa shape index (κ3) is 4.23. The molecule has 0 radical (unpaired) electrons.